The van der Waals surface area contributed by atoms with Crippen molar-refractivity contribution in [2.75, 3.05) is 19.6 Å². The molecule has 0 spiro atoms. The Kier molecular flexibility index (Phi) is 4.20. The summed E-state index contributed by atoms with van der Waals surface area (Å²) in [5, 5.41) is 0. The van der Waals surface area contributed by atoms with E-state index in [9.17, 15) is 0 Å². The van der Waals surface area contributed by atoms with Gasteiger partial charge in [-0.1, -0.05) is 20.8 Å². The fraction of sp³-hybridized carbons (Fsp3) is 1.00. The molecule has 0 radical (unpaired) electrons. The van der Waals surface area contributed by atoms with Crippen molar-refractivity contribution in [1.29, 1.82) is 0 Å². The second kappa shape index (κ2) is 4.97. The van der Waals surface area contributed by atoms with Crippen LogP contribution in [-0.4, -0.2) is 30.6 Å². The van der Waals surface area contributed by atoms with Crippen molar-refractivity contribution in [2.24, 2.45) is 17.6 Å². The quantitative estimate of drug-likeness (QED) is 0.723. The van der Waals surface area contributed by atoms with Crippen molar-refractivity contribution in [3.63, 3.8) is 0 Å². The highest BCUT2D eigenvalue weighted by Crippen LogP contribution is 2.15. The predicted molar refractivity (Wildman–Crippen MR) is 57.7 cm³/mol. The molecule has 2 atom stereocenters. The van der Waals surface area contributed by atoms with E-state index in [1.54, 1.807) is 0 Å². The Morgan fingerprint density at radius 1 is 1.46 bits per heavy atom. The van der Waals surface area contributed by atoms with Gasteiger partial charge in [-0.2, -0.15) is 0 Å². The Balaban J connectivity index is 2.21. The van der Waals surface area contributed by atoms with Crippen LogP contribution in [0.3, 0.4) is 0 Å². The summed E-state index contributed by atoms with van der Waals surface area (Å²) in [6, 6.07) is 0.440. The van der Waals surface area contributed by atoms with Crippen molar-refractivity contribution in [3.8, 4) is 0 Å². The highest BCUT2D eigenvalue weighted by Gasteiger charge is 2.22. The maximum absolute atomic E-state index is 5.97. The smallest absolute Gasteiger partial charge is 0.00889 e. The summed E-state index contributed by atoms with van der Waals surface area (Å²) in [5.41, 5.74) is 5.97. The number of rotatable bonds is 3. The average Bonchev–Trinajstić information content (AvgIpc) is 2.07. The lowest BCUT2D eigenvalue weighted by molar-refractivity contribution is 0.158. The van der Waals surface area contributed by atoms with Gasteiger partial charge in [-0.15, -0.1) is 0 Å². The van der Waals surface area contributed by atoms with Gasteiger partial charge in [0.1, 0.15) is 0 Å². The van der Waals surface area contributed by atoms with Gasteiger partial charge in [-0.05, 0) is 37.8 Å². The van der Waals surface area contributed by atoms with Crippen molar-refractivity contribution in [1.82, 2.24) is 4.90 Å². The van der Waals surface area contributed by atoms with E-state index in [0.29, 0.717) is 12.0 Å². The monoisotopic (exact) mass is 184 g/mol. The normalized spacial score (nSPS) is 31.2. The molecule has 0 aromatic heterocycles. The molecule has 0 aromatic carbocycles. The molecule has 2 heteroatoms. The zero-order valence-corrected chi connectivity index (χ0v) is 9.29. The molecule has 0 aromatic rings. The first-order valence-electron chi connectivity index (χ1n) is 5.57. The Morgan fingerprint density at radius 3 is 2.69 bits per heavy atom. The van der Waals surface area contributed by atoms with Gasteiger partial charge in [0, 0.05) is 12.6 Å². The minimum Gasteiger partial charge on any atom is -0.327 e. The lowest BCUT2D eigenvalue weighted by Gasteiger charge is -2.35. The number of nitrogens with two attached hydrogens (primary N) is 1. The molecule has 0 amide bonds. The van der Waals surface area contributed by atoms with Crippen molar-refractivity contribution in [3.05, 3.63) is 0 Å². The SMILES string of the molecule is CC(C)CCN1CCC(N)C(C)C1. The third kappa shape index (κ3) is 3.65. The van der Waals surface area contributed by atoms with Crippen LogP contribution in [0, 0.1) is 11.8 Å². The lowest BCUT2D eigenvalue weighted by Crippen LogP contribution is -2.46. The molecular weight excluding hydrogens is 160 g/mol. The minimum absolute atomic E-state index is 0.440. The largest absolute Gasteiger partial charge is 0.327 e. The molecule has 1 aliphatic heterocycles. The van der Waals surface area contributed by atoms with E-state index >= 15 is 0 Å². The van der Waals surface area contributed by atoms with E-state index in [1.165, 1.54) is 32.5 Å². The zero-order chi connectivity index (χ0) is 9.84. The number of likely N-dealkylation sites (tertiary alicyclic amines) is 1. The molecule has 0 bridgehead atoms. The lowest BCUT2D eigenvalue weighted by atomic mass is 9.94. The molecule has 2 nitrogen and oxygen atoms in total. The summed E-state index contributed by atoms with van der Waals surface area (Å²) in [7, 11) is 0. The number of hydrogen-bond acceptors (Lipinski definition) is 2. The maximum Gasteiger partial charge on any atom is 0.00889 e. The first-order chi connectivity index (χ1) is 6.09. The summed E-state index contributed by atoms with van der Waals surface area (Å²) in [5.74, 6) is 1.51. The van der Waals surface area contributed by atoms with Crippen LogP contribution in [0.5, 0.6) is 0 Å². The fourth-order valence-electron chi connectivity index (χ4n) is 1.89. The molecule has 13 heavy (non-hydrogen) atoms. The van der Waals surface area contributed by atoms with Crippen LogP contribution in [0.2, 0.25) is 0 Å². The van der Waals surface area contributed by atoms with E-state index in [1.807, 2.05) is 0 Å². The molecular formula is C11H24N2. The number of nitrogens with zero attached hydrogens (tertiary/aromatic N) is 1. The van der Waals surface area contributed by atoms with Crippen molar-refractivity contribution >= 4 is 0 Å². The third-order valence-electron chi connectivity index (χ3n) is 3.08. The number of hydrogen-bond donors (Lipinski definition) is 1. The maximum atomic E-state index is 5.97. The van der Waals surface area contributed by atoms with E-state index in [4.69, 9.17) is 5.73 Å². The average molecular weight is 184 g/mol. The summed E-state index contributed by atoms with van der Waals surface area (Å²) < 4.78 is 0. The van der Waals surface area contributed by atoms with Crippen LogP contribution in [0.4, 0.5) is 0 Å². The Hall–Kier alpha value is -0.0800. The molecule has 1 aliphatic rings. The Bertz CT molecular complexity index is 145. The van der Waals surface area contributed by atoms with Crippen LogP contribution in [0.25, 0.3) is 0 Å². The van der Waals surface area contributed by atoms with Crippen LogP contribution < -0.4 is 5.73 Å². The summed E-state index contributed by atoms with van der Waals surface area (Å²) in [4.78, 5) is 2.56. The van der Waals surface area contributed by atoms with Gasteiger partial charge in [0.2, 0.25) is 0 Å². The molecule has 1 saturated heterocycles. The van der Waals surface area contributed by atoms with Crippen molar-refractivity contribution < 1.29 is 0 Å². The summed E-state index contributed by atoms with van der Waals surface area (Å²) >= 11 is 0. The van der Waals surface area contributed by atoms with Crippen LogP contribution in [0.15, 0.2) is 0 Å². The zero-order valence-electron chi connectivity index (χ0n) is 9.29. The molecule has 1 rings (SSSR count). The fourth-order valence-corrected chi connectivity index (χ4v) is 1.89. The Morgan fingerprint density at radius 2 is 2.15 bits per heavy atom. The molecule has 0 aliphatic carbocycles. The topological polar surface area (TPSA) is 29.3 Å². The summed E-state index contributed by atoms with van der Waals surface area (Å²) in [6.07, 6.45) is 2.50. The molecule has 1 heterocycles. The van der Waals surface area contributed by atoms with Crippen LogP contribution in [0.1, 0.15) is 33.6 Å². The number of piperidine rings is 1. The molecule has 1 fully saturated rings. The minimum atomic E-state index is 0.440. The van der Waals surface area contributed by atoms with E-state index < -0.39 is 0 Å². The second-order valence-electron chi connectivity index (χ2n) is 4.91. The van der Waals surface area contributed by atoms with Gasteiger partial charge in [-0.25, -0.2) is 0 Å². The van der Waals surface area contributed by atoms with Gasteiger partial charge in [0.15, 0.2) is 0 Å². The van der Waals surface area contributed by atoms with E-state index in [0.717, 1.165) is 5.92 Å². The molecule has 2 unspecified atom stereocenters. The van der Waals surface area contributed by atoms with Crippen molar-refractivity contribution in [2.45, 2.75) is 39.7 Å². The van der Waals surface area contributed by atoms with Gasteiger partial charge in [0.05, 0.1) is 0 Å². The first kappa shape index (κ1) is 11.0. The highest BCUT2D eigenvalue weighted by atomic mass is 15.1. The van der Waals surface area contributed by atoms with Crippen LogP contribution >= 0.6 is 0 Å². The molecule has 2 N–H and O–H groups in total. The standard InChI is InChI=1S/C11H24N2/c1-9(2)4-6-13-7-5-11(12)10(3)8-13/h9-11H,4-8,12H2,1-3H3. The van der Waals surface area contributed by atoms with Gasteiger partial charge < -0.3 is 10.6 Å². The second-order valence-corrected chi connectivity index (χ2v) is 4.91. The van der Waals surface area contributed by atoms with Gasteiger partial charge >= 0.3 is 0 Å². The third-order valence-corrected chi connectivity index (χ3v) is 3.08. The molecule has 0 saturated carbocycles. The Labute approximate surface area is 82.5 Å². The highest BCUT2D eigenvalue weighted by molar-refractivity contribution is 4.79. The molecule has 78 valence electrons. The first-order valence-corrected chi connectivity index (χ1v) is 5.57. The van der Waals surface area contributed by atoms with Gasteiger partial charge in [-0.3, -0.25) is 0 Å². The van der Waals surface area contributed by atoms with Crippen LogP contribution in [-0.2, 0) is 0 Å². The van der Waals surface area contributed by atoms with Gasteiger partial charge in [0.25, 0.3) is 0 Å². The van der Waals surface area contributed by atoms with E-state index in [2.05, 4.69) is 25.7 Å². The predicted octanol–water partition coefficient (Wildman–Crippen LogP) is 1.70. The van der Waals surface area contributed by atoms with E-state index in [-0.39, 0.29) is 0 Å². The summed E-state index contributed by atoms with van der Waals surface area (Å²) in [6.45, 7) is 10.5.